The second kappa shape index (κ2) is 5.54. The lowest BCUT2D eigenvalue weighted by atomic mass is 9.85. The third kappa shape index (κ3) is 3.50. The van der Waals surface area contributed by atoms with Gasteiger partial charge in [-0.1, -0.05) is 45.9 Å². The monoisotopic (exact) mass is 260 g/mol. The Kier molecular flexibility index (Phi) is 4.19. The van der Waals surface area contributed by atoms with Gasteiger partial charge in [0.2, 0.25) is 0 Å². The molecule has 0 radical (unpaired) electrons. The molecule has 1 aromatic carbocycles. The average molecular weight is 260 g/mol. The number of hydrogen-bond donors (Lipinski definition) is 1. The lowest BCUT2D eigenvalue weighted by Crippen LogP contribution is -2.41. The molecule has 19 heavy (non-hydrogen) atoms. The first-order valence-electron chi connectivity index (χ1n) is 7.46. The van der Waals surface area contributed by atoms with Gasteiger partial charge in [0.15, 0.2) is 0 Å². The van der Waals surface area contributed by atoms with E-state index >= 15 is 0 Å². The molecular formula is C17H28N2. The zero-order chi connectivity index (χ0) is 14.0. The van der Waals surface area contributed by atoms with Crippen molar-refractivity contribution in [3.63, 3.8) is 0 Å². The zero-order valence-electron chi connectivity index (χ0n) is 12.8. The van der Waals surface area contributed by atoms with Gasteiger partial charge in [-0.2, -0.15) is 0 Å². The maximum atomic E-state index is 6.30. The Bertz CT molecular complexity index is 420. The highest BCUT2D eigenvalue weighted by atomic mass is 15.1. The molecule has 2 unspecified atom stereocenters. The van der Waals surface area contributed by atoms with E-state index in [0.717, 1.165) is 25.4 Å². The molecule has 2 nitrogen and oxygen atoms in total. The van der Waals surface area contributed by atoms with Crippen molar-refractivity contribution in [1.29, 1.82) is 0 Å². The van der Waals surface area contributed by atoms with E-state index in [2.05, 4.69) is 56.9 Å². The summed E-state index contributed by atoms with van der Waals surface area (Å²) in [5.74, 6) is 0.737. The number of nitrogens with zero attached hydrogens (tertiary/aromatic N) is 1. The highest BCUT2D eigenvalue weighted by molar-refractivity contribution is 5.55. The van der Waals surface area contributed by atoms with Gasteiger partial charge in [-0.15, -0.1) is 0 Å². The summed E-state index contributed by atoms with van der Waals surface area (Å²) in [5.41, 5.74) is 9.40. The predicted molar refractivity (Wildman–Crippen MR) is 83.6 cm³/mol. The minimum atomic E-state index is 0.195. The lowest BCUT2D eigenvalue weighted by Gasteiger charge is -2.37. The number of anilines is 1. The van der Waals surface area contributed by atoms with Crippen molar-refractivity contribution in [1.82, 2.24) is 0 Å². The topological polar surface area (TPSA) is 29.3 Å². The molecular weight excluding hydrogens is 232 g/mol. The standard InChI is InChI=1S/C17H28N2/c1-13-11-14-7-5-6-8-15(14)19(12-13)10-9-16(18)17(2,3)4/h5-8,13,16H,9-12,18H2,1-4H3. The summed E-state index contributed by atoms with van der Waals surface area (Å²) in [6.45, 7) is 11.2. The van der Waals surface area contributed by atoms with Crippen LogP contribution >= 0.6 is 0 Å². The summed E-state index contributed by atoms with van der Waals surface area (Å²) < 4.78 is 0. The Morgan fingerprint density at radius 3 is 2.68 bits per heavy atom. The summed E-state index contributed by atoms with van der Waals surface area (Å²) in [6.07, 6.45) is 2.27. The quantitative estimate of drug-likeness (QED) is 0.902. The van der Waals surface area contributed by atoms with Crippen LogP contribution in [0.3, 0.4) is 0 Å². The third-order valence-corrected chi connectivity index (χ3v) is 4.26. The number of rotatable bonds is 3. The third-order valence-electron chi connectivity index (χ3n) is 4.26. The summed E-state index contributed by atoms with van der Waals surface area (Å²) >= 11 is 0. The molecule has 2 N–H and O–H groups in total. The van der Waals surface area contributed by atoms with Crippen LogP contribution < -0.4 is 10.6 Å². The van der Waals surface area contributed by atoms with E-state index in [1.807, 2.05) is 0 Å². The fraction of sp³-hybridized carbons (Fsp3) is 0.647. The van der Waals surface area contributed by atoms with Crippen LogP contribution in [0, 0.1) is 11.3 Å². The second-order valence-corrected chi connectivity index (χ2v) is 7.15. The van der Waals surface area contributed by atoms with Crippen LogP contribution in [0.4, 0.5) is 5.69 Å². The van der Waals surface area contributed by atoms with E-state index in [0.29, 0.717) is 0 Å². The van der Waals surface area contributed by atoms with Gasteiger partial charge in [-0.3, -0.25) is 0 Å². The first-order chi connectivity index (χ1) is 8.88. The number of para-hydroxylation sites is 1. The van der Waals surface area contributed by atoms with Crippen molar-refractivity contribution in [2.75, 3.05) is 18.0 Å². The molecule has 0 aromatic heterocycles. The molecule has 1 aliphatic rings. The largest absolute Gasteiger partial charge is 0.371 e. The van der Waals surface area contributed by atoms with Gasteiger partial charge in [0.25, 0.3) is 0 Å². The van der Waals surface area contributed by atoms with Crippen LogP contribution in [-0.4, -0.2) is 19.1 Å². The van der Waals surface area contributed by atoms with E-state index in [9.17, 15) is 0 Å². The molecule has 0 fully saturated rings. The maximum Gasteiger partial charge on any atom is 0.0398 e. The summed E-state index contributed by atoms with van der Waals surface area (Å²) in [6, 6.07) is 9.07. The smallest absolute Gasteiger partial charge is 0.0398 e. The van der Waals surface area contributed by atoms with Gasteiger partial charge in [0.05, 0.1) is 0 Å². The molecule has 106 valence electrons. The van der Waals surface area contributed by atoms with Gasteiger partial charge in [-0.05, 0) is 35.8 Å². The number of fused-ring (bicyclic) bond motifs is 1. The first-order valence-corrected chi connectivity index (χ1v) is 7.46. The van der Waals surface area contributed by atoms with E-state index in [4.69, 9.17) is 5.73 Å². The van der Waals surface area contributed by atoms with Crippen LogP contribution in [0.1, 0.15) is 39.7 Å². The normalized spacial score (nSPS) is 21.1. The van der Waals surface area contributed by atoms with Crippen LogP contribution in [0.5, 0.6) is 0 Å². The summed E-state index contributed by atoms with van der Waals surface area (Å²) in [5, 5.41) is 0. The van der Waals surface area contributed by atoms with Gasteiger partial charge >= 0.3 is 0 Å². The Hall–Kier alpha value is -1.02. The maximum absolute atomic E-state index is 6.30. The number of nitrogens with two attached hydrogens (primary N) is 1. The molecule has 2 rings (SSSR count). The van der Waals surface area contributed by atoms with Crippen LogP contribution in [0.25, 0.3) is 0 Å². The fourth-order valence-electron chi connectivity index (χ4n) is 2.85. The van der Waals surface area contributed by atoms with Crippen molar-refractivity contribution >= 4 is 5.69 Å². The first kappa shape index (κ1) is 14.4. The van der Waals surface area contributed by atoms with Crippen LogP contribution in [-0.2, 0) is 6.42 Å². The number of hydrogen-bond acceptors (Lipinski definition) is 2. The molecule has 1 aliphatic heterocycles. The molecule has 2 heteroatoms. The van der Waals surface area contributed by atoms with Gasteiger partial charge in [0.1, 0.15) is 0 Å². The Balaban J connectivity index is 2.05. The molecule has 1 aromatic rings. The second-order valence-electron chi connectivity index (χ2n) is 7.15. The molecule has 0 saturated carbocycles. The van der Waals surface area contributed by atoms with E-state index < -0.39 is 0 Å². The van der Waals surface area contributed by atoms with E-state index in [1.165, 1.54) is 17.7 Å². The van der Waals surface area contributed by atoms with Crippen molar-refractivity contribution < 1.29 is 0 Å². The highest BCUT2D eigenvalue weighted by Crippen LogP contribution is 2.30. The minimum Gasteiger partial charge on any atom is -0.371 e. The Labute approximate surface area is 118 Å². The van der Waals surface area contributed by atoms with Gasteiger partial charge in [0, 0.05) is 24.8 Å². The van der Waals surface area contributed by atoms with E-state index in [-0.39, 0.29) is 11.5 Å². The Morgan fingerprint density at radius 2 is 2.00 bits per heavy atom. The van der Waals surface area contributed by atoms with Crippen molar-refractivity contribution in [3.05, 3.63) is 29.8 Å². The summed E-state index contributed by atoms with van der Waals surface area (Å²) in [4.78, 5) is 2.52. The minimum absolute atomic E-state index is 0.195. The van der Waals surface area contributed by atoms with Crippen molar-refractivity contribution in [2.45, 2.75) is 46.6 Å². The average Bonchev–Trinajstić information content (AvgIpc) is 2.34. The Morgan fingerprint density at radius 1 is 1.32 bits per heavy atom. The molecule has 0 bridgehead atoms. The molecule has 0 saturated heterocycles. The van der Waals surface area contributed by atoms with Crippen molar-refractivity contribution in [3.8, 4) is 0 Å². The fourth-order valence-corrected chi connectivity index (χ4v) is 2.85. The van der Waals surface area contributed by atoms with Crippen LogP contribution in [0.2, 0.25) is 0 Å². The summed E-state index contributed by atoms with van der Waals surface area (Å²) in [7, 11) is 0. The van der Waals surface area contributed by atoms with E-state index in [1.54, 1.807) is 0 Å². The number of benzene rings is 1. The lowest BCUT2D eigenvalue weighted by molar-refractivity contribution is 0.305. The zero-order valence-corrected chi connectivity index (χ0v) is 12.8. The SMILES string of the molecule is CC1Cc2ccccc2N(CCC(N)C(C)(C)C)C1. The molecule has 0 spiro atoms. The van der Waals surface area contributed by atoms with Gasteiger partial charge in [-0.25, -0.2) is 0 Å². The van der Waals surface area contributed by atoms with Crippen molar-refractivity contribution in [2.24, 2.45) is 17.1 Å². The molecule has 1 heterocycles. The van der Waals surface area contributed by atoms with Crippen LogP contribution in [0.15, 0.2) is 24.3 Å². The predicted octanol–water partition coefficient (Wildman–Crippen LogP) is 3.45. The molecule has 0 amide bonds. The highest BCUT2D eigenvalue weighted by Gasteiger charge is 2.24. The van der Waals surface area contributed by atoms with Gasteiger partial charge < -0.3 is 10.6 Å². The molecule has 0 aliphatic carbocycles. The molecule has 2 atom stereocenters.